The highest BCUT2D eigenvalue weighted by molar-refractivity contribution is 7.80. The van der Waals surface area contributed by atoms with Crippen LogP contribution < -0.4 is 19.7 Å². The second-order valence-electron chi connectivity index (χ2n) is 6.72. The summed E-state index contributed by atoms with van der Waals surface area (Å²) in [6.45, 7) is 3.73. The molecule has 0 aliphatic carbocycles. The fourth-order valence-corrected chi connectivity index (χ4v) is 3.57. The van der Waals surface area contributed by atoms with Gasteiger partial charge in [-0.15, -0.1) is 6.58 Å². The number of carbonyl (C=O) groups excluding carboxylic acids is 2. The number of hydrogen-bond donors (Lipinski definition) is 2. The minimum atomic E-state index is -1.15. The third kappa shape index (κ3) is 4.37. The Morgan fingerprint density at radius 2 is 1.97 bits per heavy atom. The van der Waals surface area contributed by atoms with E-state index in [1.165, 1.54) is 44.6 Å². The molecule has 1 saturated heterocycles. The van der Waals surface area contributed by atoms with Crippen LogP contribution in [0, 0.1) is 0 Å². The maximum absolute atomic E-state index is 13.2. The van der Waals surface area contributed by atoms with E-state index in [0.717, 1.165) is 10.5 Å². The molecule has 0 radical (unpaired) electrons. The molecule has 0 atom stereocenters. The summed E-state index contributed by atoms with van der Waals surface area (Å²) in [5.41, 5.74) is 1.33. The first-order valence-corrected chi connectivity index (χ1v) is 9.82. The fraction of sp³-hybridized carbons (Fsp3) is 0.130. The lowest BCUT2D eigenvalue weighted by atomic mass is 10.0. The number of nitrogens with one attached hydrogen (secondary N) is 1. The normalized spacial score (nSPS) is 14.9. The number of thiocarbonyl (C=S) groups is 1. The maximum Gasteiger partial charge on any atom is 0.335 e. The van der Waals surface area contributed by atoms with Gasteiger partial charge in [0.15, 0.2) is 16.6 Å². The van der Waals surface area contributed by atoms with Gasteiger partial charge in [0.25, 0.3) is 11.8 Å². The number of amides is 2. The molecule has 164 valence electrons. The van der Waals surface area contributed by atoms with Gasteiger partial charge in [-0.25, -0.2) is 4.79 Å². The molecule has 2 N–H and O–H groups in total. The van der Waals surface area contributed by atoms with Gasteiger partial charge in [-0.2, -0.15) is 0 Å². The van der Waals surface area contributed by atoms with Crippen LogP contribution in [0.25, 0.3) is 6.08 Å². The Kier molecular flexibility index (Phi) is 6.70. The van der Waals surface area contributed by atoms with Crippen LogP contribution in [0.1, 0.15) is 21.5 Å². The van der Waals surface area contributed by atoms with Crippen LogP contribution in [0.3, 0.4) is 0 Å². The molecule has 2 amide bonds. The molecule has 32 heavy (non-hydrogen) atoms. The number of rotatable bonds is 7. The molecule has 0 aromatic heterocycles. The fourth-order valence-electron chi connectivity index (χ4n) is 3.29. The average Bonchev–Trinajstić information content (AvgIpc) is 2.76. The zero-order valence-electron chi connectivity index (χ0n) is 17.4. The smallest absolute Gasteiger partial charge is 0.335 e. The third-order valence-corrected chi connectivity index (χ3v) is 4.99. The number of allylic oxidation sites excluding steroid dienone is 1. The average molecular weight is 452 g/mol. The van der Waals surface area contributed by atoms with Crippen molar-refractivity contribution in [3.05, 3.63) is 71.3 Å². The lowest BCUT2D eigenvalue weighted by molar-refractivity contribution is -0.122. The first kappa shape index (κ1) is 22.7. The number of benzene rings is 2. The van der Waals surface area contributed by atoms with E-state index in [9.17, 15) is 19.5 Å². The molecule has 1 aliphatic heterocycles. The van der Waals surface area contributed by atoms with Crippen LogP contribution in [-0.4, -0.2) is 42.2 Å². The summed E-state index contributed by atoms with van der Waals surface area (Å²) in [6, 6.07) is 9.12. The van der Waals surface area contributed by atoms with Crippen LogP contribution in [-0.2, 0) is 16.0 Å². The zero-order chi connectivity index (χ0) is 23.4. The summed E-state index contributed by atoms with van der Waals surface area (Å²) in [6.07, 6.45) is 3.60. The molecule has 9 heteroatoms. The molecule has 1 heterocycles. The Morgan fingerprint density at radius 3 is 2.59 bits per heavy atom. The first-order valence-electron chi connectivity index (χ1n) is 9.41. The van der Waals surface area contributed by atoms with Crippen LogP contribution in [0.15, 0.2) is 54.6 Å². The highest BCUT2D eigenvalue weighted by atomic mass is 32.1. The molecule has 2 aromatic rings. The number of anilines is 1. The van der Waals surface area contributed by atoms with Gasteiger partial charge in [-0.3, -0.25) is 19.8 Å². The number of nitrogens with zero attached hydrogens (tertiary/aromatic N) is 1. The molecule has 1 aliphatic rings. The van der Waals surface area contributed by atoms with Crippen molar-refractivity contribution in [2.75, 3.05) is 19.1 Å². The Hall–Kier alpha value is -3.98. The van der Waals surface area contributed by atoms with Crippen molar-refractivity contribution < 1.29 is 29.0 Å². The summed E-state index contributed by atoms with van der Waals surface area (Å²) in [5, 5.41) is 11.6. The number of aromatic carboxylic acids is 1. The molecule has 2 aromatic carbocycles. The van der Waals surface area contributed by atoms with Crippen LogP contribution in [0.5, 0.6) is 11.5 Å². The molecule has 8 nitrogen and oxygen atoms in total. The number of hydrogen-bond acceptors (Lipinski definition) is 6. The molecule has 3 rings (SSSR count). The monoisotopic (exact) mass is 452 g/mol. The van der Waals surface area contributed by atoms with Crippen molar-refractivity contribution in [2.45, 2.75) is 6.42 Å². The van der Waals surface area contributed by atoms with Crippen molar-refractivity contribution in [2.24, 2.45) is 0 Å². The van der Waals surface area contributed by atoms with Crippen LogP contribution >= 0.6 is 12.2 Å². The molecular formula is C23H20N2O6S. The van der Waals surface area contributed by atoms with Crippen molar-refractivity contribution in [1.82, 2.24) is 5.32 Å². The van der Waals surface area contributed by atoms with Crippen molar-refractivity contribution in [1.29, 1.82) is 0 Å². The van der Waals surface area contributed by atoms with E-state index in [0.29, 0.717) is 23.5 Å². The van der Waals surface area contributed by atoms with Gasteiger partial charge in [0, 0.05) is 5.56 Å². The summed E-state index contributed by atoms with van der Waals surface area (Å²) in [4.78, 5) is 38.2. The number of ether oxygens (including phenoxy) is 2. The zero-order valence-corrected chi connectivity index (χ0v) is 18.2. The summed E-state index contributed by atoms with van der Waals surface area (Å²) < 4.78 is 10.8. The number of methoxy groups -OCH3 is 2. The Morgan fingerprint density at radius 1 is 1.22 bits per heavy atom. The quantitative estimate of drug-likeness (QED) is 0.288. The van der Waals surface area contributed by atoms with Gasteiger partial charge < -0.3 is 14.6 Å². The van der Waals surface area contributed by atoms with Gasteiger partial charge in [-0.1, -0.05) is 12.1 Å². The van der Waals surface area contributed by atoms with Gasteiger partial charge in [0.05, 0.1) is 25.5 Å². The lowest BCUT2D eigenvalue weighted by Crippen LogP contribution is -2.54. The van der Waals surface area contributed by atoms with Crippen molar-refractivity contribution in [3.8, 4) is 11.5 Å². The van der Waals surface area contributed by atoms with E-state index in [1.807, 2.05) is 0 Å². The second-order valence-corrected chi connectivity index (χ2v) is 7.11. The predicted molar refractivity (Wildman–Crippen MR) is 123 cm³/mol. The Labute approximate surface area is 189 Å². The SMILES string of the molecule is C=CCc1cc(C=C2C(=O)NC(=S)N(c3cccc(C(=O)O)c3)C2=O)cc(OC)c1OC. The Balaban J connectivity index is 2.08. The Bertz CT molecular complexity index is 1170. The van der Waals surface area contributed by atoms with Crippen molar-refractivity contribution >= 4 is 46.9 Å². The molecule has 1 fully saturated rings. The lowest BCUT2D eigenvalue weighted by Gasteiger charge is -2.29. The van der Waals surface area contributed by atoms with Gasteiger partial charge in [-0.05, 0) is 60.6 Å². The van der Waals surface area contributed by atoms with Gasteiger partial charge >= 0.3 is 5.97 Å². The number of carbonyl (C=O) groups is 3. The minimum Gasteiger partial charge on any atom is -0.493 e. The summed E-state index contributed by atoms with van der Waals surface area (Å²) >= 11 is 5.17. The van der Waals surface area contributed by atoms with E-state index < -0.39 is 17.8 Å². The largest absolute Gasteiger partial charge is 0.493 e. The highest BCUT2D eigenvalue weighted by Crippen LogP contribution is 2.34. The predicted octanol–water partition coefficient (Wildman–Crippen LogP) is 2.96. The highest BCUT2D eigenvalue weighted by Gasteiger charge is 2.34. The van der Waals surface area contributed by atoms with Crippen LogP contribution in [0.4, 0.5) is 5.69 Å². The van der Waals surface area contributed by atoms with Gasteiger partial charge in [0.1, 0.15) is 5.57 Å². The number of carboxylic acid groups (broad SMARTS) is 1. The molecule has 0 saturated carbocycles. The molecule has 0 bridgehead atoms. The van der Waals surface area contributed by atoms with E-state index in [-0.39, 0.29) is 21.9 Å². The molecule has 0 unspecified atom stereocenters. The van der Waals surface area contributed by atoms with E-state index in [4.69, 9.17) is 21.7 Å². The van der Waals surface area contributed by atoms with E-state index in [1.54, 1.807) is 18.2 Å². The maximum atomic E-state index is 13.2. The molecular weight excluding hydrogens is 432 g/mol. The van der Waals surface area contributed by atoms with E-state index in [2.05, 4.69) is 11.9 Å². The standard InChI is InChI=1S/C23H20N2O6S/c1-4-6-14-9-13(11-18(30-2)19(14)31-3)10-17-20(26)24-23(32)25(21(17)27)16-8-5-7-15(12-16)22(28)29/h4-5,7-12H,1,6H2,2-3H3,(H,28,29)(H,24,26,32). The number of carboxylic acids is 1. The van der Waals surface area contributed by atoms with Crippen LogP contribution in [0.2, 0.25) is 0 Å². The second kappa shape index (κ2) is 9.44. The molecule has 0 spiro atoms. The minimum absolute atomic E-state index is 0.0190. The third-order valence-electron chi connectivity index (χ3n) is 4.71. The summed E-state index contributed by atoms with van der Waals surface area (Å²) in [7, 11) is 3.01. The van der Waals surface area contributed by atoms with E-state index >= 15 is 0 Å². The topological polar surface area (TPSA) is 105 Å². The van der Waals surface area contributed by atoms with Gasteiger partial charge in [0.2, 0.25) is 0 Å². The first-order chi connectivity index (χ1) is 15.3. The summed E-state index contributed by atoms with van der Waals surface area (Å²) in [5.74, 6) is -1.53. The van der Waals surface area contributed by atoms with Crippen molar-refractivity contribution in [3.63, 3.8) is 0 Å².